The zero-order valence-corrected chi connectivity index (χ0v) is 14.2. The average molecular weight is 359 g/mol. The Morgan fingerprint density at radius 3 is 2.32 bits per heavy atom. The number of hydrogen-bond donors (Lipinski definition) is 0. The van der Waals surface area contributed by atoms with Gasteiger partial charge in [-0.3, -0.25) is 4.79 Å². The van der Waals surface area contributed by atoms with E-state index in [2.05, 4.69) is 33.0 Å². The van der Waals surface area contributed by atoms with Crippen LogP contribution in [0, 0.1) is 6.92 Å². The molecule has 22 heavy (non-hydrogen) atoms. The van der Waals surface area contributed by atoms with E-state index in [1.165, 1.54) is 11.3 Å². The molecule has 1 saturated heterocycles. The van der Waals surface area contributed by atoms with Crippen molar-refractivity contribution in [1.82, 2.24) is 4.90 Å². The third kappa shape index (κ3) is 3.33. The molecule has 0 bridgehead atoms. The van der Waals surface area contributed by atoms with Crippen LogP contribution in [0.1, 0.15) is 15.9 Å². The molecule has 2 aromatic rings. The molecule has 0 atom stereocenters. The van der Waals surface area contributed by atoms with Gasteiger partial charge in [0.1, 0.15) is 0 Å². The van der Waals surface area contributed by atoms with Crippen molar-refractivity contribution >= 4 is 27.5 Å². The van der Waals surface area contributed by atoms with Crippen LogP contribution in [0.4, 0.5) is 5.69 Å². The monoisotopic (exact) mass is 358 g/mol. The highest BCUT2D eigenvalue weighted by Gasteiger charge is 2.22. The first kappa shape index (κ1) is 15.1. The van der Waals surface area contributed by atoms with Crippen LogP contribution < -0.4 is 4.90 Å². The van der Waals surface area contributed by atoms with Crippen molar-refractivity contribution < 1.29 is 4.79 Å². The molecular weight excluding hydrogens is 340 g/mol. The maximum Gasteiger partial charge on any atom is 0.253 e. The van der Waals surface area contributed by atoms with Gasteiger partial charge in [-0.1, -0.05) is 39.7 Å². The van der Waals surface area contributed by atoms with E-state index in [0.29, 0.717) is 0 Å². The molecule has 1 fully saturated rings. The summed E-state index contributed by atoms with van der Waals surface area (Å²) in [5, 5.41) is 0. The molecule has 0 aromatic heterocycles. The molecule has 3 rings (SSSR count). The minimum Gasteiger partial charge on any atom is -0.368 e. The molecular formula is C18H19BrN2O. The predicted molar refractivity (Wildman–Crippen MR) is 93.4 cm³/mol. The van der Waals surface area contributed by atoms with Crippen LogP contribution in [0.15, 0.2) is 53.0 Å². The normalized spacial score (nSPS) is 15.0. The molecule has 4 heteroatoms. The summed E-state index contributed by atoms with van der Waals surface area (Å²) in [4.78, 5) is 16.8. The Balaban J connectivity index is 1.64. The van der Waals surface area contributed by atoms with Crippen LogP contribution >= 0.6 is 15.9 Å². The number of anilines is 1. The average Bonchev–Trinajstić information content (AvgIpc) is 2.55. The smallest absolute Gasteiger partial charge is 0.253 e. The molecule has 1 aliphatic heterocycles. The fourth-order valence-electron chi connectivity index (χ4n) is 2.72. The highest BCUT2D eigenvalue weighted by molar-refractivity contribution is 9.10. The van der Waals surface area contributed by atoms with E-state index in [-0.39, 0.29) is 5.91 Å². The summed E-state index contributed by atoms with van der Waals surface area (Å²) in [7, 11) is 0. The van der Waals surface area contributed by atoms with Gasteiger partial charge in [0.2, 0.25) is 0 Å². The molecule has 0 N–H and O–H groups in total. The van der Waals surface area contributed by atoms with Gasteiger partial charge in [-0.25, -0.2) is 0 Å². The molecule has 0 unspecified atom stereocenters. The van der Waals surface area contributed by atoms with Crippen molar-refractivity contribution in [2.24, 2.45) is 0 Å². The minimum absolute atomic E-state index is 0.133. The number of carbonyl (C=O) groups excluding carboxylic acids is 1. The van der Waals surface area contributed by atoms with Crippen LogP contribution in [-0.2, 0) is 0 Å². The summed E-state index contributed by atoms with van der Waals surface area (Å²) in [5.41, 5.74) is 3.16. The summed E-state index contributed by atoms with van der Waals surface area (Å²) in [6.07, 6.45) is 0. The van der Waals surface area contributed by atoms with Crippen molar-refractivity contribution in [1.29, 1.82) is 0 Å². The number of hydrogen-bond acceptors (Lipinski definition) is 2. The molecule has 0 saturated carbocycles. The first-order chi connectivity index (χ1) is 10.6. The lowest BCUT2D eigenvalue weighted by molar-refractivity contribution is 0.0747. The third-order valence-electron chi connectivity index (χ3n) is 4.04. The predicted octanol–water partition coefficient (Wildman–Crippen LogP) is 3.72. The summed E-state index contributed by atoms with van der Waals surface area (Å²) in [6, 6.07) is 16.1. The standard InChI is InChI=1S/C18H19BrN2O/c1-14-5-7-15(8-6-14)18(22)21-11-9-20(10-12-21)17-4-2-3-16(19)13-17/h2-8,13H,9-12H2,1H3. The van der Waals surface area contributed by atoms with Crippen LogP contribution in [0.25, 0.3) is 0 Å². The van der Waals surface area contributed by atoms with E-state index in [4.69, 9.17) is 0 Å². The topological polar surface area (TPSA) is 23.6 Å². The van der Waals surface area contributed by atoms with E-state index in [1.54, 1.807) is 0 Å². The van der Waals surface area contributed by atoms with Gasteiger partial charge >= 0.3 is 0 Å². The largest absolute Gasteiger partial charge is 0.368 e. The molecule has 3 nitrogen and oxygen atoms in total. The Kier molecular flexibility index (Phi) is 4.48. The number of halogens is 1. The molecule has 0 aliphatic carbocycles. The maximum absolute atomic E-state index is 12.5. The molecule has 1 amide bonds. The lowest BCUT2D eigenvalue weighted by Gasteiger charge is -2.36. The Bertz CT molecular complexity index is 661. The number of amides is 1. The lowest BCUT2D eigenvalue weighted by Crippen LogP contribution is -2.48. The van der Waals surface area contributed by atoms with Crippen molar-refractivity contribution in [2.75, 3.05) is 31.1 Å². The van der Waals surface area contributed by atoms with Gasteiger partial charge in [0.15, 0.2) is 0 Å². The molecule has 2 aromatic carbocycles. The van der Waals surface area contributed by atoms with E-state index in [0.717, 1.165) is 36.2 Å². The Morgan fingerprint density at radius 1 is 1.00 bits per heavy atom. The number of rotatable bonds is 2. The number of nitrogens with zero attached hydrogens (tertiary/aromatic N) is 2. The summed E-state index contributed by atoms with van der Waals surface area (Å²) >= 11 is 3.51. The summed E-state index contributed by atoms with van der Waals surface area (Å²) in [5.74, 6) is 0.133. The Hall–Kier alpha value is -1.81. The number of aryl methyl sites for hydroxylation is 1. The molecule has 1 aliphatic rings. The van der Waals surface area contributed by atoms with Crippen molar-refractivity contribution in [3.63, 3.8) is 0 Å². The second-order valence-electron chi connectivity index (χ2n) is 5.63. The Morgan fingerprint density at radius 2 is 1.68 bits per heavy atom. The van der Waals surface area contributed by atoms with Crippen molar-refractivity contribution in [3.05, 3.63) is 64.1 Å². The van der Waals surface area contributed by atoms with Gasteiger partial charge < -0.3 is 9.80 Å². The van der Waals surface area contributed by atoms with Gasteiger partial charge in [0.05, 0.1) is 0 Å². The molecule has 0 radical (unpaired) electrons. The SMILES string of the molecule is Cc1ccc(C(=O)N2CCN(c3cccc(Br)c3)CC2)cc1. The number of piperazine rings is 1. The number of carbonyl (C=O) groups is 1. The van der Waals surface area contributed by atoms with E-state index >= 15 is 0 Å². The van der Waals surface area contributed by atoms with Gasteiger partial charge in [0.25, 0.3) is 5.91 Å². The van der Waals surface area contributed by atoms with Gasteiger partial charge in [-0.2, -0.15) is 0 Å². The van der Waals surface area contributed by atoms with Gasteiger partial charge in [-0.15, -0.1) is 0 Å². The highest BCUT2D eigenvalue weighted by atomic mass is 79.9. The van der Waals surface area contributed by atoms with E-state index in [9.17, 15) is 4.79 Å². The molecule has 1 heterocycles. The van der Waals surface area contributed by atoms with E-state index < -0.39 is 0 Å². The van der Waals surface area contributed by atoms with Crippen LogP contribution in [0.2, 0.25) is 0 Å². The maximum atomic E-state index is 12.5. The summed E-state index contributed by atoms with van der Waals surface area (Å²) < 4.78 is 1.09. The lowest BCUT2D eigenvalue weighted by atomic mass is 10.1. The van der Waals surface area contributed by atoms with Crippen LogP contribution in [0.3, 0.4) is 0 Å². The zero-order chi connectivity index (χ0) is 15.5. The highest BCUT2D eigenvalue weighted by Crippen LogP contribution is 2.21. The number of benzene rings is 2. The van der Waals surface area contributed by atoms with Crippen molar-refractivity contribution in [2.45, 2.75) is 6.92 Å². The Labute approximate surface area is 139 Å². The quantitative estimate of drug-likeness (QED) is 0.816. The van der Waals surface area contributed by atoms with Crippen LogP contribution in [0.5, 0.6) is 0 Å². The second kappa shape index (κ2) is 6.53. The molecule has 114 valence electrons. The second-order valence-corrected chi connectivity index (χ2v) is 6.54. The van der Waals surface area contributed by atoms with Crippen molar-refractivity contribution in [3.8, 4) is 0 Å². The first-order valence-electron chi connectivity index (χ1n) is 7.50. The van der Waals surface area contributed by atoms with Crippen LogP contribution in [-0.4, -0.2) is 37.0 Å². The van der Waals surface area contributed by atoms with Gasteiger partial charge in [0, 0.05) is 41.9 Å². The first-order valence-corrected chi connectivity index (χ1v) is 8.29. The third-order valence-corrected chi connectivity index (χ3v) is 4.53. The fourth-order valence-corrected chi connectivity index (χ4v) is 3.11. The zero-order valence-electron chi connectivity index (χ0n) is 12.6. The molecule has 0 spiro atoms. The van der Waals surface area contributed by atoms with E-state index in [1.807, 2.05) is 48.2 Å². The van der Waals surface area contributed by atoms with Gasteiger partial charge in [-0.05, 0) is 37.3 Å². The minimum atomic E-state index is 0.133. The fraction of sp³-hybridized carbons (Fsp3) is 0.278. The summed E-state index contributed by atoms with van der Waals surface area (Å²) in [6.45, 7) is 5.30.